The largest absolute Gasteiger partial charge is 0.497 e. The summed E-state index contributed by atoms with van der Waals surface area (Å²) in [6, 6.07) is 5.45. The Kier molecular flexibility index (Phi) is 3.55. The highest BCUT2D eigenvalue weighted by Gasteiger charge is 2.15. The monoisotopic (exact) mass is 260 g/mol. The first-order valence-corrected chi connectivity index (χ1v) is 5.86. The molecular formula is C14H16N2O3. The summed E-state index contributed by atoms with van der Waals surface area (Å²) in [4.78, 5) is 11.1. The summed E-state index contributed by atoms with van der Waals surface area (Å²) in [5.41, 5.74) is 2.82. The maximum absolute atomic E-state index is 11.1. The van der Waals surface area contributed by atoms with Gasteiger partial charge in [0.2, 0.25) is 0 Å². The zero-order valence-electron chi connectivity index (χ0n) is 11.4. The van der Waals surface area contributed by atoms with Crippen LogP contribution in [-0.4, -0.2) is 30.3 Å². The Hall–Kier alpha value is -2.30. The molecule has 0 fully saturated rings. The van der Waals surface area contributed by atoms with E-state index >= 15 is 0 Å². The smallest absolute Gasteiger partial charge is 0.153 e. The van der Waals surface area contributed by atoms with Crippen LogP contribution >= 0.6 is 0 Å². The summed E-state index contributed by atoms with van der Waals surface area (Å²) in [7, 11) is 3.20. The number of aldehydes is 1. The zero-order valence-corrected chi connectivity index (χ0v) is 11.4. The number of aromatic nitrogens is 2. The molecule has 0 saturated carbocycles. The van der Waals surface area contributed by atoms with Gasteiger partial charge in [-0.15, -0.1) is 0 Å². The molecule has 1 aromatic heterocycles. The average Bonchev–Trinajstić information content (AvgIpc) is 2.72. The first-order chi connectivity index (χ1) is 9.12. The molecular weight excluding hydrogens is 244 g/mol. The highest BCUT2D eigenvalue weighted by atomic mass is 16.5. The van der Waals surface area contributed by atoms with Crippen LogP contribution in [-0.2, 0) is 0 Å². The van der Waals surface area contributed by atoms with Gasteiger partial charge in [-0.3, -0.25) is 4.79 Å². The average molecular weight is 260 g/mol. The lowest BCUT2D eigenvalue weighted by Gasteiger charge is -2.11. The van der Waals surface area contributed by atoms with E-state index in [1.165, 1.54) is 0 Å². The summed E-state index contributed by atoms with van der Waals surface area (Å²) in [6.07, 6.45) is 0.820. The quantitative estimate of drug-likeness (QED) is 0.792. The van der Waals surface area contributed by atoms with Crippen LogP contribution in [0.25, 0.3) is 5.69 Å². The number of methoxy groups -OCH3 is 2. The molecule has 5 nitrogen and oxygen atoms in total. The van der Waals surface area contributed by atoms with Crippen molar-refractivity contribution in [3.05, 3.63) is 35.2 Å². The van der Waals surface area contributed by atoms with Crippen LogP contribution in [0.15, 0.2) is 18.2 Å². The number of hydrogen-bond acceptors (Lipinski definition) is 4. The summed E-state index contributed by atoms with van der Waals surface area (Å²) in [6.45, 7) is 3.66. The van der Waals surface area contributed by atoms with Crippen LogP contribution in [0.3, 0.4) is 0 Å². The maximum atomic E-state index is 11.1. The van der Waals surface area contributed by atoms with Crippen LogP contribution in [0.5, 0.6) is 11.5 Å². The topological polar surface area (TPSA) is 53.4 Å². The second-order valence-corrected chi connectivity index (χ2v) is 4.15. The number of nitrogens with zero attached hydrogens (tertiary/aromatic N) is 2. The molecule has 0 aliphatic rings. The zero-order chi connectivity index (χ0) is 14.0. The molecule has 19 heavy (non-hydrogen) atoms. The molecule has 0 amide bonds. The first kappa shape index (κ1) is 13.1. The van der Waals surface area contributed by atoms with Gasteiger partial charge in [0.05, 0.1) is 31.2 Å². The highest BCUT2D eigenvalue weighted by molar-refractivity contribution is 5.78. The van der Waals surface area contributed by atoms with Crippen molar-refractivity contribution >= 4 is 6.29 Å². The van der Waals surface area contributed by atoms with Gasteiger partial charge in [-0.25, -0.2) is 4.68 Å². The number of ether oxygens (including phenoxy) is 2. The fourth-order valence-corrected chi connectivity index (χ4v) is 2.02. The first-order valence-electron chi connectivity index (χ1n) is 5.86. The Morgan fingerprint density at radius 2 is 1.95 bits per heavy atom. The lowest BCUT2D eigenvalue weighted by atomic mass is 10.2. The summed E-state index contributed by atoms with van der Waals surface area (Å²) in [5.74, 6) is 1.37. The lowest BCUT2D eigenvalue weighted by molar-refractivity contribution is 0.112. The van der Waals surface area contributed by atoms with Crippen molar-refractivity contribution < 1.29 is 14.3 Å². The molecule has 1 heterocycles. The predicted octanol–water partition coefficient (Wildman–Crippen LogP) is 2.32. The minimum absolute atomic E-state index is 0.602. The molecule has 0 spiro atoms. The van der Waals surface area contributed by atoms with Gasteiger partial charge in [-0.05, 0) is 26.0 Å². The second-order valence-electron chi connectivity index (χ2n) is 4.15. The van der Waals surface area contributed by atoms with Crippen LogP contribution in [0, 0.1) is 13.8 Å². The molecule has 1 aromatic carbocycles. The Balaban J connectivity index is 2.66. The van der Waals surface area contributed by atoms with Crippen molar-refractivity contribution in [2.45, 2.75) is 13.8 Å². The van der Waals surface area contributed by atoms with Crippen molar-refractivity contribution in [1.82, 2.24) is 9.78 Å². The van der Waals surface area contributed by atoms with E-state index in [9.17, 15) is 4.79 Å². The van der Waals surface area contributed by atoms with Gasteiger partial charge in [0, 0.05) is 6.07 Å². The molecule has 0 aliphatic heterocycles. The molecule has 0 aliphatic carbocycles. The third-order valence-electron chi connectivity index (χ3n) is 3.08. The Bertz CT molecular complexity index is 617. The molecule has 2 rings (SSSR count). The van der Waals surface area contributed by atoms with Crippen molar-refractivity contribution in [3.63, 3.8) is 0 Å². The number of carbonyl (C=O) groups is 1. The van der Waals surface area contributed by atoms with Crippen LogP contribution in [0.2, 0.25) is 0 Å². The van der Waals surface area contributed by atoms with Crippen LogP contribution in [0.4, 0.5) is 0 Å². The third kappa shape index (κ3) is 2.19. The predicted molar refractivity (Wildman–Crippen MR) is 71.5 cm³/mol. The van der Waals surface area contributed by atoms with Crippen molar-refractivity contribution in [2.24, 2.45) is 0 Å². The van der Waals surface area contributed by atoms with E-state index in [-0.39, 0.29) is 0 Å². The van der Waals surface area contributed by atoms with Gasteiger partial charge >= 0.3 is 0 Å². The molecule has 100 valence electrons. The SMILES string of the molecule is COc1ccc(OC)c(-n2nc(C)c(C=O)c2C)c1. The van der Waals surface area contributed by atoms with Gasteiger partial charge in [-0.2, -0.15) is 5.10 Å². The van der Waals surface area contributed by atoms with Crippen molar-refractivity contribution in [2.75, 3.05) is 14.2 Å². The number of carbonyl (C=O) groups excluding carboxylic acids is 1. The lowest BCUT2D eigenvalue weighted by Crippen LogP contribution is -2.03. The Morgan fingerprint density at radius 1 is 1.21 bits per heavy atom. The molecule has 2 aromatic rings. The molecule has 0 radical (unpaired) electrons. The normalized spacial score (nSPS) is 10.3. The van der Waals surface area contributed by atoms with Gasteiger partial charge < -0.3 is 9.47 Å². The fourth-order valence-electron chi connectivity index (χ4n) is 2.02. The Labute approximate surface area is 111 Å². The van der Waals surface area contributed by atoms with Gasteiger partial charge in [0.25, 0.3) is 0 Å². The van der Waals surface area contributed by atoms with Gasteiger partial charge in [0.15, 0.2) is 6.29 Å². The minimum Gasteiger partial charge on any atom is -0.497 e. The second kappa shape index (κ2) is 5.14. The molecule has 0 atom stereocenters. The Morgan fingerprint density at radius 3 is 2.47 bits per heavy atom. The van der Waals surface area contributed by atoms with Gasteiger partial charge in [-0.1, -0.05) is 0 Å². The highest BCUT2D eigenvalue weighted by Crippen LogP contribution is 2.29. The standard InChI is InChI=1S/C14H16N2O3/c1-9-12(8-17)10(2)16(15-9)13-7-11(18-3)5-6-14(13)19-4/h5-8H,1-4H3. The number of hydrogen-bond donors (Lipinski definition) is 0. The summed E-state index contributed by atoms with van der Waals surface area (Å²) < 4.78 is 12.2. The van der Waals surface area contributed by atoms with Crippen molar-refractivity contribution in [3.8, 4) is 17.2 Å². The van der Waals surface area contributed by atoms with Crippen molar-refractivity contribution in [1.29, 1.82) is 0 Å². The van der Waals surface area contributed by atoms with E-state index in [0.717, 1.165) is 17.7 Å². The van der Waals surface area contributed by atoms with E-state index in [0.29, 0.717) is 22.8 Å². The molecule has 0 N–H and O–H groups in total. The van der Waals surface area contributed by atoms with Crippen LogP contribution in [0.1, 0.15) is 21.7 Å². The summed E-state index contributed by atoms with van der Waals surface area (Å²) in [5, 5.41) is 4.39. The number of aryl methyl sites for hydroxylation is 1. The molecule has 5 heteroatoms. The molecule has 0 saturated heterocycles. The molecule has 0 unspecified atom stereocenters. The van der Waals surface area contributed by atoms with E-state index in [1.807, 2.05) is 25.1 Å². The maximum Gasteiger partial charge on any atom is 0.153 e. The number of benzene rings is 1. The molecule has 0 bridgehead atoms. The number of rotatable bonds is 4. The van der Waals surface area contributed by atoms with E-state index in [4.69, 9.17) is 9.47 Å². The van der Waals surface area contributed by atoms with Crippen LogP contribution < -0.4 is 9.47 Å². The van der Waals surface area contributed by atoms with E-state index in [1.54, 1.807) is 25.8 Å². The fraction of sp³-hybridized carbons (Fsp3) is 0.286. The van der Waals surface area contributed by atoms with Gasteiger partial charge in [0.1, 0.15) is 17.2 Å². The summed E-state index contributed by atoms with van der Waals surface area (Å²) >= 11 is 0. The van der Waals surface area contributed by atoms with E-state index in [2.05, 4.69) is 5.10 Å². The third-order valence-corrected chi connectivity index (χ3v) is 3.08. The van der Waals surface area contributed by atoms with E-state index < -0.39 is 0 Å². The minimum atomic E-state index is 0.602.